The molecule has 104 valence electrons. The lowest BCUT2D eigenvalue weighted by Crippen LogP contribution is -2.10. The summed E-state index contributed by atoms with van der Waals surface area (Å²) in [4.78, 5) is 0.345. The number of anilines is 1. The van der Waals surface area contributed by atoms with Crippen molar-refractivity contribution in [2.45, 2.75) is 38.5 Å². The zero-order valence-electron chi connectivity index (χ0n) is 11.1. The molecule has 1 saturated carbocycles. The second-order valence-electron chi connectivity index (χ2n) is 5.28. The largest absolute Gasteiger partial charge is 0.389 e. The molecule has 4 heteroatoms. The smallest absolute Gasteiger partial charge is 0.105 e. The number of nitrogens with two attached hydrogens (primary N) is 1. The maximum Gasteiger partial charge on any atom is 0.105 e. The Morgan fingerprint density at radius 3 is 2.74 bits per heavy atom. The van der Waals surface area contributed by atoms with E-state index in [1.165, 1.54) is 38.5 Å². The minimum Gasteiger partial charge on any atom is -0.389 e. The molecule has 1 aliphatic rings. The van der Waals surface area contributed by atoms with Crippen LogP contribution in [0.1, 0.15) is 44.1 Å². The molecule has 3 N–H and O–H groups in total. The van der Waals surface area contributed by atoms with Crippen LogP contribution in [0.5, 0.6) is 0 Å². The van der Waals surface area contributed by atoms with Crippen molar-refractivity contribution < 1.29 is 0 Å². The number of nitrogens with one attached hydrogen (secondary N) is 1. The Morgan fingerprint density at radius 1 is 1.37 bits per heavy atom. The van der Waals surface area contributed by atoms with Crippen LogP contribution in [-0.2, 0) is 0 Å². The first-order valence-corrected chi connectivity index (χ1v) is 7.78. The lowest BCUT2D eigenvalue weighted by molar-refractivity contribution is 0.491. The van der Waals surface area contributed by atoms with Crippen molar-refractivity contribution >= 4 is 34.5 Å². The van der Waals surface area contributed by atoms with Gasteiger partial charge in [0.05, 0.1) is 5.02 Å². The third-order valence-corrected chi connectivity index (χ3v) is 4.36. The Hall–Kier alpha value is -0.800. The van der Waals surface area contributed by atoms with Gasteiger partial charge in [-0.1, -0.05) is 49.5 Å². The summed E-state index contributed by atoms with van der Waals surface area (Å²) in [6.45, 7) is 0.999. The number of hydrogen-bond acceptors (Lipinski definition) is 2. The minimum absolute atomic E-state index is 0.345. The lowest BCUT2D eigenvalue weighted by atomic mass is 10.0. The molecular formula is C15H21ClN2S. The van der Waals surface area contributed by atoms with Crippen LogP contribution in [0.4, 0.5) is 5.69 Å². The van der Waals surface area contributed by atoms with E-state index in [2.05, 4.69) is 5.32 Å². The normalized spacial score (nSPS) is 15.6. The van der Waals surface area contributed by atoms with E-state index in [4.69, 9.17) is 29.6 Å². The molecule has 1 aromatic carbocycles. The molecule has 1 aromatic rings. The van der Waals surface area contributed by atoms with Crippen molar-refractivity contribution in [1.82, 2.24) is 0 Å². The molecule has 0 aromatic heterocycles. The Labute approximate surface area is 125 Å². The quantitative estimate of drug-likeness (QED) is 0.605. The predicted molar refractivity (Wildman–Crippen MR) is 87.0 cm³/mol. The van der Waals surface area contributed by atoms with Crippen molar-refractivity contribution in [2.24, 2.45) is 11.7 Å². The first kappa shape index (κ1) is 14.6. The standard InChI is InChI=1S/C15H21ClN2S/c16-14-10-12(7-8-13(14)15(17)19)18-9-3-6-11-4-1-2-5-11/h7-8,10-11,18H,1-6,9H2,(H2,17,19). The van der Waals surface area contributed by atoms with Crippen LogP contribution in [-0.4, -0.2) is 11.5 Å². The molecule has 1 aliphatic carbocycles. The minimum atomic E-state index is 0.345. The maximum atomic E-state index is 6.13. The second-order valence-corrected chi connectivity index (χ2v) is 6.13. The van der Waals surface area contributed by atoms with Gasteiger partial charge in [-0.05, 0) is 37.0 Å². The molecule has 0 saturated heterocycles. The topological polar surface area (TPSA) is 38.0 Å². The molecule has 0 aliphatic heterocycles. The molecule has 0 radical (unpaired) electrons. The van der Waals surface area contributed by atoms with Crippen molar-refractivity contribution in [3.8, 4) is 0 Å². The van der Waals surface area contributed by atoms with E-state index in [0.29, 0.717) is 10.0 Å². The second kappa shape index (κ2) is 7.11. The summed E-state index contributed by atoms with van der Waals surface area (Å²) < 4.78 is 0. The van der Waals surface area contributed by atoms with Gasteiger partial charge in [0.25, 0.3) is 0 Å². The number of hydrogen-bond donors (Lipinski definition) is 2. The van der Waals surface area contributed by atoms with E-state index in [1.54, 1.807) is 0 Å². The number of benzene rings is 1. The van der Waals surface area contributed by atoms with E-state index in [9.17, 15) is 0 Å². The highest BCUT2D eigenvalue weighted by Crippen LogP contribution is 2.28. The van der Waals surface area contributed by atoms with Gasteiger partial charge in [0.2, 0.25) is 0 Å². The highest BCUT2D eigenvalue weighted by Gasteiger charge is 2.13. The molecule has 1 fully saturated rings. The van der Waals surface area contributed by atoms with E-state index in [-0.39, 0.29) is 0 Å². The van der Waals surface area contributed by atoms with Gasteiger partial charge in [0, 0.05) is 17.8 Å². The zero-order valence-corrected chi connectivity index (χ0v) is 12.7. The van der Waals surface area contributed by atoms with Crippen LogP contribution in [0.15, 0.2) is 18.2 Å². The first-order chi connectivity index (χ1) is 9.16. The summed E-state index contributed by atoms with van der Waals surface area (Å²) >= 11 is 11.1. The third kappa shape index (κ3) is 4.36. The highest BCUT2D eigenvalue weighted by molar-refractivity contribution is 7.80. The fourth-order valence-electron chi connectivity index (χ4n) is 2.75. The lowest BCUT2D eigenvalue weighted by Gasteiger charge is -2.11. The number of thiocarbonyl (C=S) groups is 1. The van der Waals surface area contributed by atoms with Crippen LogP contribution < -0.4 is 11.1 Å². The Morgan fingerprint density at radius 2 is 2.11 bits per heavy atom. The van der Waals surface area contributed by atoms with Gasteiger partial charge >= 0.3 is 0 Å². The highest BCUT2D eigenvalue weighted by atomic mass is 35.5. The number of halogens is 1. The van der Waals surface area contributed by atoms with Gasteiger partial charge in [-0.15, -0.1) is 0 Å². The summed E-state index contributed by atoms with van der Waals surface area (Å²) in [7, 11) is 0. The van der Waals surface area contributed by atoms with Gasteiger partial charge in [-0.3, -0.25) is 0 Å². The molecule has 0 unspecified atom stereocenters. The SMILES string of the molecule is NC(=S)c1ccc(NCCCC2CCCC2)cc1Cl. The average Bonchev–Trinajstić information content (AvgIpc) is 2.87. The first-order valence-electron chi connectivity index (χ1n) is 7.00. The Bertz CT molecular complexity index is 442. The summed E-state index contributed by atoms with van der Waals surface area (Å²) in [6, 6.07) is 5.76. The molecule has 19 heavy (non-hydrogen) atoms. The maximum absolute atomic E-state index is 6.13. The fourth-order valence-corrected chi connectivity index (χ4v) is 3.26. The molecule has 0 heterocycles. The number of rotatable bonds is 6. The zero-order chi connectivity index (χ0) is 13.7. The molecule has 0 atom stereocenters. The van der Waals surface area contributed by atoms with Crippen molar-refractivity contribution in [3.63, 3.8) is 0 Å². The van der Waals surface area contributed by atoms with Gasteiger partial charge < -0.3 is 11.1 Å². The molecule has 0 spiro atoms. The van der Waals surface area contributed by atoms with Crippen molar-refractivity contribution in [3.05, 3.63) is 28.8 Å². The van der Waals surface area contributed by atoms with Crippen LogP contribution in [0, 0.1) is 5.92 Å². The third-order valence-electron chi connectivity index (χ3n) is 3.83. The fraction of sp³-hybridized carbons (Fsp3) is 0.533. The van der Waals surface area contributed by atoms with Gasteiger partial charge in [-0.25, -0.2) is 0 Å². The van der Waals surface area contributed by atoms with E-state index in [0.717, 1.165) is 23.7 Å². The van der Waals surface area contributed by atoms with Gasteiger partial charge in [0.1, 0.15) is 4.99 Å². The van der Waals surface area contributed by atoms with Gasteiger partial charge in [0.15, 0.2) is 0 Å². The predicted octanol–water partition coefficient (Wildman–Crippen LogP) is 4.36. The van der Waals surface area contributed by atoms with Crippen LogP contribution >= 0.6 is 23.8 Å². The van der Waals surface area contributed by atoms with E-state index >= 15 is 0 Å². The average molecular weight is 297 g/mol. The summed E-state index contributed by atoms with van der Waals surface area (Å²) in [5.74, 6) is 0.961. The Kier molecular flexibility index (Phi) is 5.46. The van der Waals surface area contributed by atoms with Crippen molar-refractivity contribution in [2.75, 3.05) is 11.9 Å². The monoisotopic (exact) mass is 296 g/mol. The summed E-state index contributed by atoms with van der Waals surface area (Å²) in [5, 5.41) is 4.03. The van der Waals surface area contributed by atoms with E-state index in [1.807, 2.05) is 18.2 Å². The van der Waals surface area contributed by atoms with Crippen molar-refractivity contribution in [1.29, 1.82) is 0 Å². The van der Waals surface area contributed by atoms with Crippen LogP contribution in [0.25, 0.3) is 0 Å². The molecule has 0 bridgehead atoms. The molecule has 0 amide bonds. The van der Waals surface area contributed by atoms with E-state index < -0.39 is 0 Å². The Balaban J connectivity index is 1.76. The van der Waals surface area contributed by atoms with Crippen LogP contribution in [0.2, 0.25) is 5.02 Å². The van der Waals surface area contributed by atoms with Gasteiger partial charge in [-0.2, -0.15) is 0 Å². The molecular weight excluding hydrogens is 276 g/mol. The van der Waals surface area contributed by atoms with Crippen LogP contribution in [0.3, 0.4) is 0 Å². The molecule has 2 rings (SSSR count). The summed E-state index contributed by atoms with van der Waals surface area (Å²) in [5.41, 5.74) is 7.36. The summed E-state index contributed by atoms with van der Waals surface area (Å²) in [6.07, 6.45) is 8.26. The molecule has 2 nitrogen and oxygen atoms in total.